The number of hydrogen-bond donors (Lipinski definition) is 0. The van der Waals surface area contributed by atoms with E-state index in [0.29, 0.717) is 0 Å². The van der Waals surface area contributed by atoms with Gasteiger partial charge in [0.1, 0.15) is 0 Å². The number of hydrogen-bond acceptors (Lipinski definition) is 7. The van der Waals surface area contributed by atoms with Crippen LogP contribution in [0.4, 0.5) is 0 Å². The average Bonchev–Trinajstić information content (AvgIpc) is 2.11. The van der Waals surface area contributed by atoms with Crippen molar-refractivity contribution in [1.29, 1.82) is 5.26 Å². The number of nitrogens with zero attached hydrogens (tertiary/aromatic N) is 4. The molecule has 10 nitrogen and oxygen atoms in total. The van der Waals surface area contributed by atoms with Crippen molar-refractivity contribution >= 4 is 0 Å². The molecule has 0 aromatic carbocycles. The van der Waals surface area contributed by atoms with Gasteiger partial charge in [-0.15, -0.1) is 0 Å². The summed E-state index contributed by atoms with van der Waals surface area (Å²) < 4.78 is 0. The molecule has 0 saturated heterocycles. The molecule has 0 saturated carbocycles. The second-order valence-electron chi connectivity index (χ2n) is 2.78. The van der Waals surface area contributed by atoms with Gasteiger partial charge >= 0.3 is 5.79 Å². The normalized spacial score (nSPS) is 12.5. The zero-order valence-corrected chi connectivity index (χ0v) is 7.52. The Hall–Kier alpha value is -2.31. The molecule has 0 aliphatic rings. The van der Waals surface area contributed by atoms with Gasteiger partial charge in [0.2, 0.25) is 0 Å². The zero-order chi connectivity index (χ0) is 12.2. The second-order valence-corrected chi connectivity index (χ2v) is 2.78. The SMILES string of the molecule is CC(C#N)CC([N+](=O)[O-])([N+](=O)[O-])[N+](=O)[O-]. The highest BCUT2D eigenvalue weighted by atomic mass is 16.7. The Morgan fingerprint density at radius 3 is 1.73 bits per heavy atom. The fourth-order valence-corrected chi connectivity index (χ4v) is 0.880. The first-order valence-electron chi connectivity index (χ1n) is 3.62. The van der Waals surface area contributed by atoms with Crippen LogP contribution < -0.4 is 0 Å². The van der Waals surface area contributed by atoms with Gasteiger partial charge in [0, 0.05) is 0 Å². The van der Waals surface area contributed by atoms with Crippen LogP contribution in [0.1, 0.15) is 13.3 Å². The van der Waals surface area contributed by atoms with E-state index in [9.17, 15) is 30.3 Å². The summed E-state index contributed by atoms with van der Waals surface area (Å²) in [4.78, 5) is 26.3. The van der Waals surface area contributed by atoms with E-state index in [-0.39, 0.29) is 0 Å². The van der Waals surface area contributed by atoms with Gasteiger partial charge in [-0.25, -0.2) is 0 Å². The summed E-state index contributed by atoms with van der Waals surface area (Å²) in [5.41, 5.74) is 0. The molecule has 0 fully saturated rings. The topological polar surface area (TPSA) is 153 Å². The van der Waals surface area contributed by atoms with Crippen LogP contribution in [0, 0.1) is 47.6 Å². The quantitative estimate of drug-likeness (QED) is 0.357. The highest BCUT2D eigenvalue weighted by Gasteiger charge is 2.70. The Morgan fingerprint density at radius 1 is 1.20 bits per heavy atom. The maximum Gasteiger partial charge on any atom is 0.701 e. The molecular weight excluding hydrogens is 212 g/mol. The molecule has 0 aliphatic carbocycles. The predicted molar refractivity (Wildman–Crippen MR) is 43.1 cm³/mol. The Labute approximate surface area is 82.6 Å². The summed E-state index contributed by atoms with van der Waals surface area (Å²) in [6.07, 6.45) is -1.07. The maximum atomic E-state index is 10.4. The van der Waals surface area contributed by atoms with Gasteiger partial charge in [0.25, 0.3) is 0 Å². The molecule has 0 heterocycles. The molecule has 15 heavy (non-hydrogen) atoms. The fourth-order valence-electron chi connectivity index (χ4n) is 0.880. The molecule has 0 spiro atoms. The summed E-state index contributed by atoms with van der Waals surface area (Å²) in [6.45, 7) is 1.13. The largest absolute Gasteiger partial charge is 0.701 e. The first-order chi connectivity index (χ1) is 6.78. The van der Waals surface area contributed by atoms with Crippen LogP contribution in [0.3, 0.4) is 0 Å². The third-order valence-electron chi connectivity index (χ3n) is 1.68. The van der Waals surface area contributed by atoms with E-state index in [1.54, 1.807) is 0 Å². The first-order valence-corrected chi connectivity index (χ1v) is 3.62. The lowest BCUT2D eigenvalue weighted by molar-refractivity contribution is -0.971. The van der Waals surface area contributed by atoms with Gasteiger partial charge in [0.15, 0.2) is 21.2 Å². The van der Waals surface area contributed by atoms with Crippen LogP contribution in [-0.4, -0.2) is 20.6 Å². The summed E-state index contributed by atoms with van der Waals surface area (Å²) in [7, 11) is 0. The third-order valence-corrected chi connectivity index (χ3v) is 1.68. The molecule has 0 amide bonds. The van der Waals surface area contributed by atoms with Crippen molar-refractivity contribution in [1.82, 2.24) is 0 Å². The van der Waals surface area contributed by atoms with Crippen LogP contribution >= 0.6 is 0 Å². The van der Waals surface area contributed by atoms with Crippen molar-refractivity contribution in [3.63, 3.8) is 0 Å². The van der Waals surface area contributed by atoms with Gasteiger partial charge in [-0.1, -0.05) is 0 Å². The molecule has 0 rings (SSSR count). The smallest absolute Gasteiger partial charge is 0.253 e. The minimum absolute atomic E-state index is 1.07. The summed E-state index contributed by atoms with van der Waals surface area (Å²) in [5, 5.41) is 39.4. The van der Waals surface area contributed by atoms with Crippen molar-refractivity contribution in [3.05, 3.63) is 30.3 Å². The Balaban J connectivity index is 5.36. The Kier molecular flexibility index (Phi) is 3.61. The molecule has 82 valence electrons. The van der Waals surface area contributed by atoms with Crippen molar-refractivity contribution in [2.75, 3.05) is 0 Å². The van der Waals surface area contributed by atoms with Gasteiger partial charge in [-0.2, -0.15) is 5.26 Å². The minimum atomic E-state index is -3.53. The number of nitro groups is 3. The lowest BCUT2D eigenvalue weighted by Crippen LogP contribution is -2.54. The van der Waals surface area contributed by atoms with Gasteiger partial charge < -0.3 is 0 Å². The molecule has 0 radical (unpaired) electrons. The van der Waals surface area contributed by atoms with Gasteiger partial charge in [-0.3, -0.25) is 30.3 Å². The van der Waals surface area contributed by atoms with Crippen molar-refractivity contribution < 1.29 is 14.8 Å². The Bertz CT molecular complexity index is 310. The molecule has 10 heteroatoms. The maximum absolute atomic E-state index is 10.4. The number of nitriles is 1. The van der Waals surface area contributed by atoms with Crippen molar-refractivity contribution in [2.45, 2.75) is 19.1 Å². The lowest BCUT2D eigenvalue weighted by Gasteiger charge is -2.09. The van der Waals surface area contributed by atoms with Crippen LogP contribution in [0.2, 0.25) is 0 Å². The van der Waals surface area contributed by atoms with Gasteiger partial charge in [-0.05, 0) is 6.92 Å². The molecule has 1 unspecified atom stereocenters. The second kappa shape index (κ2) is 4.27. The molecular formula is C5H6N4O6. The van der Waals surface area contributed by atoms with Crippen LogP contribution in [0.25, 0.3) is 0 Å². The fraction of sp³-hybridized carbons (Fsp3) is 0.800. The Morgan fingerprint density at radius 2 is 1.53 bits per heavy atom. The molecule has 0 aromatic rings. The number of rotatable bonds is 5. The van der Waals surface area contributed by atoms with E-state index >= 15 is 0 Å². The average molecular weight is 218 g/mol. The van der Waals surface area contributed by atoms with E-state index in [1.807, 2.05) is 0 Å². The molecule has 0 N–H and O–H groups in total. The molecule has 0 bridgehead atoms. The van der Waals surface area contributed by atoms with Crippen LogP contribution in [0.5, 0.6) is 0 Å². The molecule has 1 atom stereocenters. The van der Waals surface area contributed by atoms with Crippen LogP contribution in [-0.2, 0) is 0 Å². The first kappa shape index (κ1) is 12.7. The molecule has 0 aliphatic heterocycles. The monoisotopic (exact) mass is 218 g/mol. The summed E-state index contributed by atoms with van der Waals surface area (Å²) in [5.74, 6) is -4.69. The third kappa shape index (κ3) is 2.13. The van der Waals surface area contributed by atoms with E-state index in [0.717, 1.165) is 6.92 Å². The summed E-state index contributed by atoms with van der Waals surface area (Å²) in [6, 6.07) is 1.47. The predicted octanol–water partition coefficient (Wildman–Crippen LogP) is 0.0201. The van der Waals surface area contributed by atoms with E-state index in [1.165, 1.54) is 6.07 Å². The van der Waals surface area contributed by atoms with E-state index < -0.39 is 32.9 Å². The van der Waals surface area contributed by atoms with E-state index in [4.69, 9.17) is 5.26 Å². The highest BCUT2D eigenvalue weighted by Crippen LogP contribution is 2.21. The summed E-state index contributed by atoms with van der Waals surface area (Å²) >= 11 is 0. The zero-order valence-electron chi connectivity index (χ0n) is 7.52. The van der Waals surface area contributed by atoms with Crippen molar-refractivity contribution in [3.8, 4) is 6.07 Å². The minimum Gasteiger partial charge on any atom is -0.253 e. The molecule has 0 aromatic heterocycles. The highest BCUT2D eigenvalue weighted by molar-refractivity contribution is 4.80. The van der Waals surface area contributed by atoms with E-state index in [2.05, 4.69) is 0 Å². The standard InChI is InChI=1S/C5H6N4O6/c1-4(3-6)2-5(7(10)11,8(12)13)9(14)15/h4H,2H2,1H3. The van der Waals surface area contributed by atoms with Gasteiger partial charge in [0.05, 0.1) is 12.0 Å². The van der Waals surface area contributed by atoms with Crippen LogP contribution in [0.15, 0.2) is 0 Å². The van der Waals surface area contributed by atoms with Crippen molar-refractivity contribution in [2.24, 2.45) is 5.92 Å². The lowest BCUT2D eigenvalue weighted by atomic mass is 10.1.